The van der Waals surface area contributed by atoms with Crippen LogP contribution in [-0.2, 0) is 6.18 Å². The molecule has 1 aliphatic rings. The lowest BCUT2D eigenvalue weighted by molar-refractivity contribution is -0.137. The minimum atomic E-state index is -4.59. The number of nitrogens with one attached hydrogen (secondary N) is 2. The third kappa shape index (κ3) is 6.34. The molecule has 1 aliphatic heterocycles. The molecule has 4 aromatic carbocycles. The molecule has 7 rings (SSSR count). The number of benzene rings is 4. The molecule has 0 bridgehead atoms. The van der Waals surface area contributed by atoms with E-state index in [1.54, 1.807) is 61.5 Å². The molecule has 3 heterocycles. The van der Waals surface area contributed by atoms with Gasteiger partial charge in [0, 0.05) is 16.5 Å². The van der Waals surface area contributed by atoms with E-state index in [9.17, 15) is 22.4 Å². The van der Waals surface area contributed by atoms with Crippen molar-refractivity contribution in [1.29, 1.82) is 0 Å². The number of hydrogen-bond acceptors (Lipinski definition) is 6. The second-order valence-electron chi connectivity index (χ2n) is 11.9. The zero-order valence-electron chi connectivity index (χ0n) is 26.3. The van der Waals surface area contributed by atoms with Crippen LogP contribution < -0.4 is 20.5 Å². The molecule has 0 aliphatic carbocycles. The van der Waals surface area contributed by atoms with Crippen molar-refractivity contribution in [2.24, 2.45) is 0 Å². The summed E-state index contributed by atoms with van der Waals surface area (Å²) in [6.45, 7) is 3.27. The van der Waals surface area contributed by atoms with Crippen LogP contribution in [0.4, 0.5) is 23.4 Å². The maximum absolute atomic E-state index is 14.1. The van der Waals surface area contributed by atoms with Gasteiger partial charge in [-0.05, 0) is 98.6 Å². The van der Waals surface area contributed by atoms with Crippen LogP contribution in [0.1, 0.15) is 40.0 Å². The topological polar surface area (TPSA) is 107 Å². The fraction of sp³-hybridized carbons (Fsp3) is 0.189. The molecule has 2 aromatic heterocycles. The zero-order valence-corrected chi connectivity index (χ0v) is 26.3. The Morgan fingerprint density at radius 2 is 1.67 bits per heavy atom. The summed E-state index contributed by atoms with van der Waals surface area (Å²) in [6, 6.07) is 21.4. The number of ketones is 1. The fourth-order valence-electron chi connectivity index (χ4n) is 6.06. The van der Waals surface area contributed by atoms with Crippen molar-refractivity contribution < 1.29 is 31.8 Å². The van der Waals surface area contributed by atoms with E-state index in [1.807, 2.05) is 0 Å². The molecule has 0 spiro atoms. The van der Waals surface area contributed by atoms with Crippen LogP contribution in [0.15, 0.2) is 91.1 Å². The van der Waals surface area contributed by atoms with Gasteiger partial charge < -0.3 is 25.5 Å². The van der Waals surface area contributed by atoms with E-state index in [4.69, 9.17) is 15.2 Å². The molecular weight excluding hydrogens is 638 g/mol. The number of fused-ring (bicyclic) bond motifs is 1. The maximum atomic E-state index is 14.1. The second-order valence-corrected chi connectivity index (χ2v) is 11.9. The van der Waals surface area contributed by atoms with Crippen LogP contribution in [0.3, 0.4) is 0 Å². The van der Waals surface area contributed by atoms with Crippen molar-refractivity contribution in [1.82, 2.24) is 20.1 Å². The quantitative estimate of drug-likeness (QED) is 0.111. The van der Waals surface area contributed by atoms with E-state index < -0.39 is 23.3 Å². The van der Waals surface area contributed by atoms with Crippen molar-refractivity contribution in [3.05, 3.63) is 119 Å². The van der Waals surface area contributed by atoms with Gasteiger partial charge in [-0.1, -0.05) is 30.3 Å². The number of aromatic nitrogens is 3. The number of H-pyrrole nitrogens is 1. The van der Waals surface area contributed by atoms with E-state index in [1.165, 1.54) is 35.1 Å². The molecule has 6 aromatic rings. The van der Waals surface area contributed by atoms with Gasteiger partial charge in [0.1, 0.15) is 23.4 Å². The van der Waals surface area contributed by atoms with Crippen molar-refractivity contribution in [2.45, 2.75) is 32.0 Å². The number of anilines is 1. The summed E-state index contributed by atoms with van der Waals surface area (Å²) < 4.78 is 69.9. The first-order chi connectivity index (χ1) is 23.6. The number of nitrogens with zero attached hydrogens (tertiary/aromatic N) is 2. The summed E-state index contributed by atoms with van der Waals surface area (Å²) in [5.74, 6) is -0.0242. The molecule has 0 amide bonds. The first-order valence-corrected chi connectivity index (χ1v) is 15.7. The smallest absolute Gasteiger partial charge is 0.417 e. The molecule has 4 N–H and O–H groups in total. The first-order valence-electron chi connectivity index (χ1n) is 15.7. The fourth-order valence-corrected chi connectivity index (χ4v) is 6.06. The van der Waals surface area contributed by atoms with Gasteiger partial charge in [0.25, 0.3) is 0 Å². The predicted molar refractivity (Wildman–Crippen MR) is 178 cm³/mol. The van der Waals surface area contributed by atoms with E-state index >= 15 is 0 Å². The number of aryl methyl sites for hydroxylation is 1. The highest BCUT2D eigenvalue weighted by molar-refractivity contribution is 6.13. The molecule has 1 saturated heterocycles. The van der Waals surface area contributed by atoms with Gasteiger partial charge in [-0.15, -0.1) is 0 Å². The number of rotatable bonds is 8. The van der Waals surface area contributed by atoms with Crippen LogP contribution in [0.5, 0.6) is 17.2 Å². The number of hydrogen-bond donors (Lipinski definition) is 3. The number of nitrogens with two attached hydrogens (primary N) is 1. The van der Waals surface area contributed by atoms with Gasteiger partial charge in [0.2, 0.25) is 5.78 Å². The average molecular weight is 670 g/mol. The van der Waals surface area contributed by atoms with E-state index in [2.05, 4.69) is 15.4 Å². The molecule has 12 heteroatoms. The number of halogens is 4. The predicted octanol–water partition coefficient (Wildman–Crippen LogP) is 8.22. The summed E-state index contributed by atoms with van der Waals surface area (Å²) in [6.07, 6.45) is -1.99. The number of piperidine rings is 1. The normalized spacial score (nSPS) is 13.9. The third-order valence-electron chi connectivity index (χ3n) is 8.58. The average Bonchev–Trinajstić information content (AvgIpc) is 3.69. The molecule has 1 fully saturated rings. The Kier molecular flexibility index (Phi) is 8.33. The Bertz CT molecular complexity index is 2180. The number of carbonyl (C=O) groups is 1. The third-order valence-corrected chi connectivity index (χ3v) is 8.58. The molecule has 0 atom stereocenters. The van der Waals surface area contributed by atoms with Gasteiger partial charge >= 0.3 is 6.18 Å². The van der Waals surface area contributed by atoms with Gasteiger partial charge in [-0.25, -0.2) is 9.07 Å². The van der Waals surface area contributed by atoms with Crippen molar-refractivity contribution in [3.63, 3.8) is 0 Å². The van der Waals surface area contributed by atoms with Crippen LogP contribution in [-0.4, -0.2) is 39.7 Å². The van der Waals surface area contributed by atoms with E-state index in [0.717, 1.165) is 19.2 Å². The summed E-state index contributed by atoms with van der Waals surface area (Å²) in [5, 5.41) is 8.20. The summed E-state index contributed by atoms with van der Waals surface area (Å²) >= 11 is 0. The zero-order chi connectivity index (χ0) is 34.3. The highest BCUT2D eigenvalue weighted by Crippen LogP contribution is 2.43. The lowest BCUT2D eigenvalue weighted by atomic mass is 9.97. The highest BCUT2D eigenvalue weighted by Gasteiger charge is 2.34. The summed E-state index contributed by atoms with van der Waals surface area (Å²) in [7, 11) is 0. The maximum Gasteiger partial charge on any atom is 0.417 e. The molecule has 0 saturated carbocycles. The van der Waals surface area contributed by atoms with E-state index in [-0.39, 0.29) is 40.1 Å². The standard InChI is InChI=1S/C37H31F4N5O3/c1-21-16-23(10-11-32(21)49-33-9-5-4-8-29(33)38)46-36(42)27(20-44-46)35(47)31-17-22-18-34(48-24-12-14-43-15-13-24)26(19-30(22)45-31)25-6-2-3-7-28(25)37(39,40)41/h2-11,16-20,24,43,45H,12-15,42H2,1H3. The molecular formula is C37H31F4N5O3. The van der Waals surface area contributed by atoms with Crippen molar-refractivity contribution in [3.8, 4) is 34.1 Å². The lowest BCUT2D eigenvalue weighted by Crippen LogP contribution is -2.34. The Labute approximate surface area is 278 Å². The number of carbonyl (C=O) groups excluding carboxylic acids is 1. The molecule has 49 heavy (non-hydrogen) atoms. The number of nitrogen functional groups attached to an aromatic ring is 1. The number of alkyl halides is 3. The first kappa shape index (κ1) is 32.0. The molecule has 250 valence electrons. The molecule has 0 radical (unpaired) electrons. The number of aromatic amines is 1. The van der Waals surface area contributed by atoms with Gasteiger partial charge in [-0.3, -0.25) is 4.79 Å². The Hall–Kier alpha value is -5.62. The molecule has 8 nitrogen and oxygen atoms in total. The monoisotopic (exact) mass is 669 g/mol. The van der Waals surface area contributed by atoms with Gasteiger partial charge in [0.15, 0.2) is 11.6 Å². The van der Waals surface area contributed by atoms with Crippen LogP contribution in [0.25, 0.3) is 27.7 Å². The highest BCUT2D eigenvalue weighted by atomic mass is 19.4. The lowest BCUT2D eigenvalue weighted by Gasteiger charge is -2.25. The van der Waals surface area contributed by atoms with Crippen LogP contribution in [0.2, 0.25) is 0 Å². The molecule has 0 unspecified atom stereocenters. The SMILES string of the molecule is Cc1cc(-n2ncc(C(=O)c3cc4cc(OC5CCNCC5)c(-c5ccccc5C(F)(F)F)cc4[nH]3)c2N)ccc1Oc1ccccc1F. The van der Waals surface area contributed by atoms with Gasteiger partial charge in [-0.2, -0.15) is 18.3 Å². The van der Waals surface area contributed by atoms with Crippen molar-refractivity contribution in [2.75, 3.05) is 18.8 Å². The Balaban J connectivity index is 1.22. The number of para-hydroxylation sites is 1. The van der Waals surface area contributed by atoms with Crippen LogP contribution >= 0.6 is 0 Å². The largest absolute Gasteiger partial charge is 0.490 e. The second kappa shape index (κ2) is 12.8. The van der Waals surface area contributed by atoms with Crippen LogP contribution in [0, 0.1) is 12.7 Å². The minimum absolute atomic E-state index is 0.0190. The van der Waals surface area contributed by atoms with Crippen molar-refractivity contribution >= 4 is 22.5 Å². The minimum Gasteiger partial charge on any atom is -0.490 e. The Morgan fingerprint density at radius 1 is 0.918 bits per heavy atom. The Morgan fingerprint density at radius 3 is 2.43 bits per heavy atom. The van der Waals surface area contributed by atoms with E-state index in [0.29, 0.717) is 46.5 Å². The summed E-state index contributed by atoms with van der Waals surface area (Å²) in [4.78, 5) is 16.9. The van der Waals surface area contributed by atoms with Gasteiger partial charge in [0.05, 0.1) is 28.7 Å². The summed E-state index contributed by atoms with van der Waals surface area (Å²) in [5.41, 5.74) is 7.91. The number of ether oxygens (including phenoxy) is 2.